The zero-order chi connectivity index (χ0) is 11.8. The monoisotopic (exact) mass is 222 g/mol. The van der Waals surface area contributed by atoms with Gasteiger partial charge in [0.1, 0.15) is 0 Å². The van der Waals surface area contributed by atoms with Crippen molar-refractivity contribution in [1.29, 1.82) is 0 Å². The number of unbranched alkanes of at least 4 members (excludes halogenated alkanes) is 1. The summed E-state index contributed by atoms with van der Waals surface area (Å²) < 4.78 is 0. The number of aliphatic hydroxyl groups excluding tert-OH is 1. The smallest absolute Gasteiger partial charge is 0.220 e. The Kier molecular flexibility index (Phi) is 5.50. The highest BCUT2D eigenvalue weighted by atomic mass is 16.2. The molecule has 1 rings (SSSR count). The summed E-state index contributed by atoms with van der Waals surface area (Å²) in [7, 11) is 0. The number of nitrogens with zero attached hydrogens (tertiary/aromatic N) is 1. The van der Waals surface area contributed by atoms with Crippen LogP contribution in [0.1, 0.15) is 37.8 Å². The molecule has 0 aliphatic heterocycles. The van der Waals surface area contributed by atoms with E-state index < -0.39 is 0 Å². The molecule has 0 unspecified atom stereocenters. The van der Waals surface area contributed by atoms with Gasteiger partial charge in [-0.15, -0.1) is 0 Å². The third-order valence-electron chi connectivity index (χ3n) is 2.40. The number of hydrogen-bond acceptors (Lipinski definition) is 3. The fourth-order valence-electron chi connectivity index (χ4n) is 1.45. The molecule has 4 nitrogen and oxygen atoms in total. The topological polar surface area (TPSA) is 62.2 Å². The van der Waals surface area contributed by atoms with Crippen molar-refractivity contribution in [1.82, 2.24) is 10.3 Å². The van der Waals surface area contributed by atoms with E-state index in [0.29, 0.717) is 12.8 Å². The van der Waals surface area contributed by atoms with E-state index in [1.165, 1.54) is 0 Å². The van der Waals surface area contributed by atoms with Gasteiger partial charge in [0.15, 0.2) is 0 Å². The molecule has 88 valence electrons. The van der Waals surface area contributed by atoms with E-state index in [-0.39, 0.29) is 18.6 Å². The summed E-state index contributed by atoms with van der Waals surface area (Å²) in [5.41, 5.74) is 1.05. The second-order valence-corrected chi connectivity index (χ2v) is 3.75. The average Bonchev–Trinajstić information content (AvgIpc) is 2.30. The van der Waals surface area contributed by atoms with Crippen molar-refractivity contribution < 1.29 is 9.90 Å². The fraction of sp³-hybridized carbons (Fsp3) is 0.500. The van der Waals surface area contributed by atoms with E-state index in [9.17, 15) is 4.79 Å². The molecule has 0 aromatic carbocycles. The van der Waals surface area contributed by atoms with Crippen LogP contribution in [0.25, 0.3) is 0 Å². The lowest BCUT2D eigenvalue weighted by Gasteiger charge is -2.13. The number of aromatic nitrogens is 1. The molecule has 1 atom stereocenters. The van der Waals surface area contributed by atoms with Crippen LogP contribution in [0.5, 0.6) is 0 Å². The van der Waals surface area contributed by atoms with Crippen molar-refractivity contribution in [2.45, 2.75) is 32.2 Å². The van der Waals surface area contributed by atoms with Crippen molar-refractivity contribution >= 4 is 5.91 Å². The van der Waals surface area contributed by atoms with E-state index in [1.807, 2.05) is 19.1 Å². The molecule has 0 saturated heterocycles. The summed E-state index contributed by atoms with van der Waals surface area (Å²) in [5, 5.41) is 11.5. The van der Waals surface area contributed by atoms with Gasteiger partial charge in [0, 0.05) is 25.4 Å². The van der Waals surface area contributed by atoms with Gasteiger partial charge in [-0.3, -0.25) is 9.78 Å². The quantitative estimate of drug-likeness (QED) is 0.715. The zero-order valence-electron chi connectivity index (χ0n) is 9.52. The molecule has 0 radical (unpaired) electrons. The van der Waals surface area contributed by atoms with E-state index in [4.69, 9.17) is 5.11 Å². The molecule has 0 saturated carbocycles. The van der Waals surface area contributed by atoms with Crippen LogP contribution in [0.4, 0.5) is 0 Å². The highest BCUT2D eigenvalue weighted by molar-refractivity contribution is 5.76. The first kappa shape index (κ1) is 12.6. The van der Waals surface area contributed by atoms with E-state index >= 15 is 0 Å². The molecule has 1 heterocycles. The highest BCUT2D eigenvalue weighted by Gasteiger charge is 2.08. The Labute approximate surface area is 95.7 Å². The Morgan fingerprint density at radius 3 is 2.75 bits per heavy atom. The van der Waals surface area contributed by atoms with Gasteiger partial charge < -0.3 is 10.4 Å². The number of carbonyl (C=O) groups is 1. The number of rotatable bonds is 6. The number of pyridine rings is 1. The third-order valence-corrected chi connectivity index (χ3v) is 2.40. The maximum absolute atomic E-state index is 11.5. The van der Waals surface area contributed by atoms with Gasteiger partial charge in [-0.1, -0.05) is 0 Å². The average molecular weight is 222 g/mol. The SMILES string of the molecule is C[C@H](NC(=O)CCCCO)c1ccncc1. The van der Waals surface area contributed by atoms with Crippen LogP contribution in [-0.2, 0) is 4.79 Å². The first-order valence-corrected chi connectivity index (χ1v) is 5.54. The number of hydrogen-bond donors (Lipinski definition) is 2. The Morgan fingerprint density at radius 1 is 1.44 bits per heavy atom. The molecule has 0 aliphatic carbocycles. The molecule has 2 N–H and O–H groups in total. The maximum Gasteiger partial charge on any atom is 0.220 e. The summed E-state index contributed by atoms with van der Waals surface area (Å²) in [5.74, 6) is 0.0257. The van der Waals surface area contributed by atoms with Crippen LogP contribution in [0, 0.1) is 0 Å². The molecule has 0 fully saturated rings. The minimum Gasteiger partial charge on any atom is -0.396 e. The second-order valence-electron chi connectivity index (χ2n) is 3.75. The lowest BCUT2D eigenvalue weighted by atomic mass is 10.1. The Morgan fingerprint density at radius 2 is 2.12 bits per heavy atom. The summed E-state index contributed by atoms with van der Waals surface area (Å²) in [6.45, 7) is 2.09. The molecule has 1 aromatic heterocycles. The summed E-state index contributed by atoms with van der Waals surface area (Å²) in [6, 6.07) is 3.78. The number of carbonyl (C=O) groups excluding carboxylic acids is 1. The van der Waals surface area contributed by atoms with Gasteiger partial charge in [0.25, 0.3) is 0 Å². The van der Waals surface area contributed by atoms with E-state index in [0.717, 1.165) is 12.0 Å². The Balaban J connectivity index is 2.34. The zero-order valence-corrected chi connectivity index (χ0v) is 9.52. The summed E-state index contributed by atoms with van der Waals surface area (Å²) in [6.07, 6.45) is 5.30. The lowest BCUT2D eigenvalue weighted by molar-refractivity contribution is -0.121. The third kappa shape index (κ3) is 4.40. The van der Waals surface area contributed by atoms with Crippen molar-refractivity contribution in [2.24, 2.45) is 0 Å². The molecular weight excluding hydrogens is 204 g/mol. The molecule has 1 amide bonds. The van der Waals surface area contributed by atoms with E-state index in [1.54, 1.807) is 12.4 Å². The molecule has 16 heavy (non-hydrogen) atoms. The van der Waals surface area contributed by atoms with Gasteiger partial charge in [0.2, 0.25) is 5.91 Å². The summed E-state index contributed by atoms with van der Waals surface area (Å²) >= 11 is 0. The number of aliphatic hydroxyl groups is 1. The van der Waals surface area contributed by atoms with Gasteiger partial charge >= 0.3 is 0 Å². The normalized spacial score (nSPS) is 12.1. The fourth-order valence-corrected chi connectivity index (χ4v) is 1.45. The highest BCUT2D eigenvalue weighted by Crippen LogP contribution is 2.10. The van der Waals surface area contributed by atoms with Crippen LogP contribution in [0.3, 0.4) is 0 Å². The number of amides is 1. The van der Waals surface area contributed by atoms with Gasteiger partial charge in [-0.2, -0.15) is 0 Å². The predicted molar refractivity (Wildman–Crippen MR) is 61.7 cm³/mol. The molecule has 1 aromatic rings. The first-order chi connectivity index (χ1) is 7.74. The van der Waals surface area contributed by atoms with Crippen molar-refractivity contribution in [3.05, 3.63) is 30.1 Å². The Hall–Kier alpha value is -1.42. The minimum atomic E-state index is 0.00428. The van der Waals surface area contributed by atoms with Gasteiger partial charge in [-0.05, 0) is 37.5 Å². The molecule has 4 heteroatoms. The van der Waals surface area contributed by atoms with E-state index in [2.05, 4.69) is 10.3 Å². The lowest BCUT2D eigenvalue weighted by Crippen LogP contribution is -2.26. The van der Waals surface area contributed by atoms with Crippen LogP contribution < -0.4 is 5.32 Å². The first-order valence-electron chi connectivity index (χ1n) is 5.54. The standard InChI is InChI=1S/C12H18N2O2/c1-10(11-5-7-13-8-6-11)14-12(16)4-2-3-9-15/h5-8,10,15H,2-4,9H2,1H3,(H,14,16)/t10-/m0/s1. The summed E-state index contributed by atoms with van der Waals surface area (Å²) in [4.78, 5) is 15.4. The minimum absolute atomic E-state index is 0.00428. The van der Waals surface area contributed by atoms with Crippen LogP contribution in [0.2, 0.25) is 0 Å². The molecule has 0 bridgehead atoms. The van der Waals surface area contributed by atoms with Crippen molar-refractivity contribution in [3.8, 4) is 0 Å². The van der Waals surface area contributed by atoms with Crippen LogP contribution >= 0.6 is 0 Å². The molecule has 0 aliphatic rings. The Bertz CT molecular complexity index is 314. The van der Waals surface area contributed by atoms with Crippen LogP contribution in [0.15, 0.2) is 24.5 Å². The van der Waals surface area contributed by atoms with Gasteiger partial charge in [-0.25, -0.2) is 0 Å². The number of nitrogens with one attached hydrogen (secondary N) is 1. The second kappa shape index (κ2) is 6.95. The molecule has 0 spiro atoms. The molecular formula is C12H18N2O2. The maximum atomic E-state index is 11.5. The largest absolute Gasteiger partial charge is 0.396 e. The predicted octanol–water partition coefficient (Wildman–Crippen LogP) is 1.42. The van der Waals surface area contributed by atoms with Crippen molar-refractivity contribution in [3.63, 3.8) is 0 Å². The van der Waals surface area contributed by atoms with Crippen molar-refractivity contribution in [2.75, 3.05) is 6.61 Å². The van der Waals surface area contributed by atoms with Crippen LogP contribution in [-0.4, -0.2) is 22.6 Å². The van der Waals surface area contributed by atoms with Gasteiger partial charge in [0.05, 0.1) is 6.04 Å².